The summed E-state index contributed by atoms with van der Waals surface area (Å²) in [5, 5.41) is 13.2. The Kier molecular flexibility index (Phi) is 4.41. The van der Waals surface area contributed by atoms with E-state index in [1.807, 2.05) is 43.3 Å². The molecule has 0 saturated carbocycles. The molecule has 5 nitrogen and oxygen atoms in total. The molecule has 0 radical (unpaired) electrons. The van der Waals surface area contributed by atoms with Crippen molar-refractivity contribution in [1.29, 1.82) is 0 Å². The number of nitrogens with one attached hydrogen (secondary N) is 1. The predicted molar refractivity (Wildman–Crippen MR) is 88.0 cm³/mol. The zero-order valence-electron chi connectivity index (χ0n) is 13.4. The van der Waals surface area contributed by atoms with Gasteiger partial charge in [0.1, 0.15) is 0 Å². The first-order valence-corrected chi connectivity index (χ1v) is 7.71. The van der Waals surface area contributed by atoms with Crippen LogP contribution in [0.3, 0.4) is 0 Å². The fourth-order valence-corrected chi connectivity index (χ4v) is 3.00. The van der Waals surface area contributed by atoms with Crippen molar-refractivity contribution in [3.05, 3.63) is 65.0 Å². The molecule has 0 spiro atoms. The van der Waals surface area contributed by atoms with Gasteiger partial charge in [0.15, 0.2) is 0 Å². The van der Waals surface area contributed by atoms with Gasteiger partial charge in [0.2, 0.25) is 0 Å². The first kappa shape index (κ1) is 15.6. The number of carbonyl (C=O) groups excluding carboxylic acids is 1. The number of hydrogen-bond donors (Lipinski definition) is 2. The van der Waals surface area contributed by atoms with E-state index in [1.54, 1.807) is 18.3 Å². The number of amides is 1. The number of nitrogens with zero attached hydrogens (tertiary/aromatic N) is 2. The number of aromatic nitrogens is 1. The Balaban J connectivity index is 1.77. The topological polar surface area (TPSA) is 65.5 Å². The molecule has 23 heavy (non-hydrogen) atoms. The van der Waals surface area contributed by atoms with Gasteiger partial charge in [-0.1, -0.05) is 24.3 Å². The van der Waals surface area contributed by atoms with Crippen molar-refractivity contribution in [2.75, 3.05) is 14.1 Å². The Morgan fingerprint density at radius 1 is 1.35 bits per heavy atom. The van der Waals surface area contributed by atoms with Gasteiger partial charge in [0.25, 0.3) is 5.91 Å². The van der Waals surface area contributed by atoms with Crippen LogP contribution < -0.4 is 5.32 Å². The number of carbonyl (C=O) groups is 1. The number of hydrogen-bond acceptors (Lipinski definition) is 4. The summed E-state index contributed by atoms with van der Waals surface area (Å²) in [5.41, 5.74) is 3.49. The minimum absolute atomic E-state index is 0.187. The highest BCUT2D eigenvalue weighted by molar-refractivity contribution is 5.94. The van der Waals surface area contributed by atoms with Gasteiger partial charge in [0, 0.05) is 24.7 Å². The van der Waals surface area contributed by atoms with E-state index in [1.165, 1.54) is 0 Å². The Bertz CT molecular complexity index is 715. The first-order chi connectivity index (χ1) is 11.0. The molecule has 2 aromatic rings. The third kappa shape index (κ3) is 3.41. The number of rotatable bonds is 4. The average molecular weight is 311 g/mol. The van der Waals surface area contributed by atoms with Crippen molar-refractivity contribution in [1.82, 2.24) is 15.2 Å². The lowest BCUT2D eigenvalue weighted by Gasteiger charge is -2.18. The van der Waals surface area contributed by atoms with Crippen LogP contribution in [0.2, 0.25) is 0 Å². The lowest BCUT2D eigenvalue weighted by molar-refractivity contribution is 0.0858. The molecule has 0 saturated heterocycles. The SMILES string of the molecule is CN(C)Cc1cc(C(=O)N[C@H]2c3ccccc3C[C@H]2O)ccn1. The van der Waals surface area contributed by atoms with Crippen LogP contribution in [0.1, 0.15) is 33.2 Å². The molecule has 0 fully saturated rings. The van der Waals surface area contributed by atoms with Crippen LogP contribution in [0.25, 0.3) is 0 Å². The van der Waals surface area contributed by atoms with E-state index < -0.39 is 6.10 Å². The van der Waals surface area contributed by atoms with Gasteiger partial charge in [-0.05, 0) is 37.4 Å². The molecule has 0 bridgehead atoms. The molecular weight excluding hydrogens is 290 g/mol. The van der Waals surface area contributed by atoms with E-state index in [-0.39, 0.29) is 11.9 Å². The lowest BCUT2D eigenvalue weighted by atomic mass is 10.1. The number of aliphatic hydroxyl groups excluding tert-OH is 1. The molecule has 120 valence electrons. The Hall–Kier alpha value is -2.24. The maximum absolute atomic E-state index is 12.5. The summed E-state index contributed by atoms with van der Waals surface area (Å²) in [6.45, 7) is 0.677. The van der Waals surface area contributed by atoms with Crippen molar-refractivity contribution >= 4 is 5.91 Å². The second kappa shape index (κ2) is 6.48. The van der Waals surface area contributed by atoms with Crippen LogP contribution >= 0.6 is 0 Å². The highest BCUT2D eigenvalue weighted by Gasteiger charge is 2.32. The minimum atomic E-state index is -0.584. The van der Waals surface area contributed by atoms with Gasteiger partial charge < -0.3 is 15.3 Å². The van der Waals surface area contributed by atoms with E-state index in [0.717, 1.165) is 16.8 Å². The molecule has 2 N–H and O–H groups in total. The fraction of sp³-hybridized carbons (Fsp3) is 0.333. The lowest BCUT2D eigenvalue weighted by Crippen LogP contribution is -2.34. The Morgan fingerprint density at radius 3 is 2.91 bits per heavy atom. The van der Waals surface area contributed by atoms with Gasteiger partial charge in [-0.15, -0.1) is 0 Å². The molecule has 1 heterocycles. The van der Waals surface area contributed by atoms with E-state index >= 15 is 0 Å². The zero-order valence-corrected chi connectivity index (χ0v) is 13.4. The monoisotopic (exact) mass is 311 g/mol. The summed E-state index contributed by atoms with van der Waals surface area (Å²) in [6.07, 6.45) is 1.63. The molecule has 1 aromatic heterocycles. The van der Waals surface area contributed by atoms with Crippen molar-refractivity contribution < 1.29 is 9.90 Å². The van der Waals surface area contributed by atoms with Crippen molar-refractivity contribution in [2.45, 2.75) is 25.1 Å². The van der Waals surface area contributed by atoms with Crippen LogP contribution in [0, 0.1) is 0 Å². The minimum Gasteiger partial charge on any atom is -0.390 e. The average Bonchev–Trinajstić information content (AvgIpc) is 2.83. The molecule has 3 rings (SSSR count). The summed E-state index contributed by atoms with van der Waals surface area (Å²) >= 11 is 0. The second-order valence-electron chi connectivity index (χ2n) is 6.20. The molecule has 1 aromatic carbocycles. The highest BCUT2D eigenvalue weighted by atomic mass is 16.3. The van der Waals surface area contributed by atoms with Crippen LogP contribution in [-0.4, -0.2) is 41.1 Å². The third-order valence-corrected chi connectivity index (χ3v) is 4.05. The molecule has 1 aliphatic rings. The Morgan fingerprint density at radius 2 is 2.13 bits per heavy atom. The molecular formula is C18H21N3O2. The summed E-state index contributed by atoms with van der Waals surface area (Å²) in [7, 11) is 3.92. The number of pyridine rings is 1. The van der Waals surface area contributed by atoms with Gasteiger partial charge in [-0.2, -0.15) is 0 Å². The van der Waals surface area contributed by atoms with Gasteiger partial charge in [-0.3, -0.25) is 9.78 Å². The van der Waals surface area contributed by atoms with Gasteiger partial charge >= 0.3 is 0 Å². The zero-order chi connectivity index (χ0) is 16.4. The predicted octanol–water partition coefficient (Wildman–Crippen LogP) is 1.53. The van der Waals surface area contributed by atoms with E-state index in [9.17, 15) is 9.90 Å². The molecule has 2 atom stereocenters. The number of fused-ring (bicyclic) bond motifs is 1. The molecule has 0 aliphatic heterocycles. The summed E-state index contributed by atoms with van der Waals surface area (Å²) < 4.78 is 0. The normalized spacial score (nSPS) is 19.7. The largest absolute Gasteiger partial charge is 0.390 e. The van der Waals surface area contributed by atoms with Crippen LogP contribution in [0.5, 0.6) is 0 Å². The van der Waals surface area contributed by atoms with Gasteiger partial charge in [-0.25, -0.2) is 0 Å². The van der Waals surface area contributed by atoms with E-state index in [2.05, 4.69) is 10.3 Å². The number of aliphatic hydroxyl groups is 1. The van der Waals surface area contributed by atoms with Gasteiger partial charge in [0.05, 0.1) is 17.8 Å². The van der Waals surface area contributed by atoms with Crippen LogP contribution in [0.15, 0.2) is 42.6 Å². The molecule has 1 aliphatic carbocycles. The quantitative estimate of drug-likeness (QED) is 0.899. The summed E-state index contributed by atoms with van der Waals surface area (Å²) in [4.78, 5) is 18.8. The smallest absolute Gasteiger partial charge is 0.251 e. The fourth-order valence-electron chi connectivity index (χ4n) is 3.00. The third-order valence-electron chi connectivity index (χ3n) is 4.05. The van der Waals surface area contributed by atoms with Crippen LogP contribution in [-0.2, 0) is 13.0 Å². The maximum atomic E-state index is 12.5. The Labute approximate surface area is 136 Å². The number of benzene rings is 1. The summed E-state index contributed by atoms with van der Waals surface area (Å²) in [6, 6.07) is 11.0. The first-order valence-electron chi connectivity index (χ1n) is 7.71. The molecule has 0 unspecified atom stereocenters. The highest BCUT2D eigenvalue weighted by Crippen LogP contribution is 2.31. The molecule has 5 heteroatoms. The second-order valence-corrected chi connectivity index (χ2v) is 6.20. The van der Waals surface area contributed by atoms with Crippen molar-refractivity contribution in [2.24, 2.45) is 0 Å². The standard InChI is InChI=1S/C18H21N3O2/c1-21(2)11-14-9-13(7-8-19-14)18(23)20-17-15-6-4-3-5-12(15)10-16(17)22/h3-9,16-17,22H,10-11H2,1-2H3,(H,20,23)/t16-,17+/m1/s1. The van der Waals surface area contributed by atoms with Crippen molar-refractivity contribution in [3.63, 3.8) is 0 Å². The maximum Gasteiger partial charge on any atom is 0.251 e. The van der Waals surface area contributed by atoms with E-state index in [4.69, 9.17) is 0 Å². The molecule has 1 amide bonds. The van der Waals surface area contributed by atoms with Crippen molar-refractivity contribution in [3.8, 4) is 0 Å². The van der Waals surface area contributed by atoms with E-state index in [0.29, 0.717) is 18.5 Å². The summed E-state index contributed by atoms with van der Waals surface area (Å²) in [5.74, 6) is -0.187. The van der Waals surface area contributed by atoms with Crippen LogP contribution in [0.4, 0.5) is 0 Å².